The Labute approximate surface area is 156 Å². The zero-order valence-corrected chi connectivity index (χ0v) is 15.4. The first-order valence-electron chi connectivity index (χ1n) is 7.70. The van der Waals surface area contributed by atoms with E-state index in [9.17, 15) is 0 Å². The number of nitrogens with two attached hydrogens (primary N) is 2. The fraction of sp³-hybridized carbons (Fsp3) is 0.118. The topological polar surface area (TPSA) is 137 Å². The van der Waals surface area contributed by atoms with Crippen LogP contribution in [-0.2, 0) is 0 Å². The summed E-state index contributed by atoms with van der Waals surface area (Å²) in [6.07, 6.45) is 15.7. The largest absolute Gasteiger partial charge is 0.404 e. The van der Waals surface area contributed by atoms with Crippen molar-refractivity contribution in [2.24, 2.45) is 20.9 Å². The molecule has 136 valence electrons. The zero-order chi connectivity index (χ0) is 18.9. The molecule has 2 aliphatic rings. The lowest BCUT2D eigenvalue weighted by molar-refractivity contribution is 0.838. The van der Waals surface area contributed by atoms with Crippen LogP contribution in [0.1, 0.15) is 0 Å². The van der Waals surface area contributed by atoms with Crippen LogP contribution < -0.4 is 27.4 Å². The lowest BCUT2D eigenvalue weighted by Crippen LogP contribution is -2.34. The first-order valence-corrected chi connectivity index (χ1v) is 8.88. The van der Waals surface area contributed by atoms with Crippen LogP contribution in [0.4, 0.5) is 0 Å². The van der Waals surface area contributed by atoms with Crippen LogP contribution in [0.5, 0.6) is 0 Å². The van der Waals surface area contributed by atoms with Gasteiger partial charge in [0.15, 0.2) is 0 Å². The van der Waals surface area contributed by atoms with Gasteiger partial charge in [-0.05, 0) is 42.3 Å². The van der Waals surface area contributed by atoms with E-state index in [2.05, 4.69) is 25.3 Å². The van der Waals surface area contributed by atoms with Crippen LogP contribution in [0.2, 0.25) is 0 Å². The molecule has 0 aromatic heterocycles. The van der Waals surface area contributed by atoms with E-state index in [4.69, 9.17) is 16.9 Å². The standard InChI is InChI=1S/C17H22N8S/c1-21-9-12(8-18)11-7-14-13(22-10-11)3-6-17(23-14)24-15(19)4-5-16(20)25-26-2/h3-10,22-23H,18H2,1-2H3,(H2,19,24)(H2,20,25). The molecule has 0 aliphatic carbocycles. The Hall–Kier alpha value is -3.20. The molecule has 0 atom stereocenters. The van der Waals surface area contributed by atoms with Crippen molar-refractivity contribution in [3.8, 4) is 0 Å². The summed E-state index contributed by atoms with van der Waals surface area (Å²) in [5, 5.41) is 17.4. The lowest BCUT2D eigenvalue weighted by Gasteiger charge is -2.25. The van der Waals surface area contributed by atoms with E-state index in [1.54, 1.807) is 25.4 Å². The molecule has 0 saturated heterocycles. The first kappa shape index (κ1) is 19.1. The molecule has 0 aromatic rings. The van der Waals surface area contributed by atoms with E-state index < -0.39 is 0 Å². The number of aliphatic imine (C=N–C) groups is 1. The molecule has 0 bridgehead atoms. The molecule has 0 saturated carbocycles. The Bertz CT molecular complexity index is 809. The van der Waals surface area contributed by atoms with Crippen molar-refractivity contribution in [3.63, 3.8) is 0 Å². The van der Waals surface area contributed by atoms with Crippen molar-refractivity contribution >= 4 is 29.8 Å². The van der Waals surface area contributed by atoms with E-state index in [0.717, 1.165) is 22.5 Å². The van der Waals surface area contributed by atoms with Crippen molar-refractivity contribution in [1.29, 1.82) is 5.41 Å². The highest BCUT2D eigenvalue weighted by Crippen LogP contribution is 2.21. The van der Waals surface area contributed by atoms with Gasteiger partial charge < -0.3 is 27.4 Å². The van der Waals surface area contributed by atoms with Gasteiger partial charge in [0.1, 0.15) is 17.5 Å². The molecule has 0 amide bonds. The van der Waals surface area contributed by atoms with Gasteiger partial charge in [-0.3, -0.25) is 10.4 Å². The van der Waals surface area contributed by atoms with Gasteiger partial charge in [0.2, 0.25) is 0 Å². The summed E-state index contributed by atoms with van der Waals surface area (Å²) in [4.78, 5) is 4.00. The van der Waals surface area contributed by atoms with Crippen LogP contribution in [0, 0.1) is 5.41 Å². The number of hydrogen-bond donors (Lipinski definition) is 6. The minimum absolute atomic E-state index is 0.181. The average Bonchev–Trinajstić information content (AvgIpc) is 2.64. The van der Waals surface area contributed by atoms with E-state index >= 15 is 0 Å². The van der Waals surface area contributed by atoms with Gasteiger partial charge in [-0.2, -0.15) is 4.40 Å². The second kappa shape index (κ2) is 9.33. The second-order valence-electron chi connectivity index (χ2n) is 5.17. The molecule has 2 heterocycles. The van der Waals surface area contributed by atoms with Gasteiger partial charge in [0.25, 0.3) is 0 Å². The molecule has 0 radical (unpaired) electrons. The molecular formula is C17H22N8S. The number of dihydropyridines is 2. The van der Waals surface area contributed by atoms with Gasteiger partial charge >= 0.3 is 0 Å². The maximum atomic E-state index is 7.97. The summed E-state index contributed by atoms with van der Waals surface area (Å²) in [7, 11) is 1.69. The van der Waals surface area contributed by atoms with E-state index in [1.165, 1.54) is 18.1 Å². The van der Waals surface area contributed by atoms with Crippen LogP contribution in [0.15, 0.2) is 80.5 Å². The molecule has 26 heavy (non-hydrogen) atoms. The quantitative estimate of drug-likeness (QED) is 0.234. The lowest BCUT2D eigenvalue weighted by atomic mass is 10.0. The van der Waals surface area contributed by atoms with Crippen molar-refractivity contribution in [3.05, 3.63) is 71.1 Å². The molecule has 0 unspecified atom stereocenters. The zero-order valence-electron chi connectivity index (χ0n) is 14.6. The molecule has 8 nitrogen and oxygen atoms in total. The molecule has 8 N–H and O–H groups in total. The maximum Gasteiger partial charge on any atom is 0.131 e. The van der Waals surface area contributed by atoms with E-state index in [0.29, 0.717) is 11.7 Å². The number of rotatable bonds is 6. The number of hydrogen-bond acceptors (Lipinski definition) is 7. The normalized spacial score (nSPS) is 17.6. The van der Waals surface area contributed by atoms with E-state index in [1.807, 2.05) is 30.7 Å². The fourth-order valence-electron chi connectivity index (χ4n) is 2.19. The van der Waals surface area contributed by atoms with Crippen LogP contribution >= 0.6 is 11.9 Å². The van der Waals surface area contributed by atoms with Crippen molar-refractivity contribution in [1.82, 2.24) is 16.0 Å². The molecule has 2 rings (SSSR count). The SMILES string of the molecule is CN=CC(=CN)C1=CNC2=CC=C(NC(=N)C=CC(N)=NSC)NC2=C1. The molecule has 0 fully saturated rings. The van der Waals surface area contributed by atoms with Gasteiger partial charge in [-0.15, -0.1) is 0 Å². The Kier molecular flexibility index (Phi) is 6.86. The number of nitrogens with zero attached hydrogens (tertiary/aromatic N) is 2. The molecule has 0 spiro atoms. The smallest absolute Gasteiger partial charge is 0.131 e. The first-order chi connectivity index (χ1) is 12.6. The summed E-state index contributed by atoms with van der Waals surface area (Å²) in [5.41, 5.74) is 14.8. The minimum atomic E-state index is 0.181. The number of amidine groups is 2. The predicted octanol–water partition coefficient (Wildman–Crippen LogP) is 0.987. The monoisotopic (exact) mass is 370 g/mol. The minimum Gasteiger partial charge on any atom is -0.404 e. The van der Waals surface area contributed by atoms with Gasteiger partial charge in [-0.1, -0.05) is 0 Å². The van der Waals surface area contributed by atoms with Crippen LogP contribution in [0.3, 0.4) is 0 Å². The van der Waals surface area contributed by atoms with Gasteiger partial charge in [0.05, 0.1) is 11.4 Å². The highest BCUT2D eigenvalue weighted by atomic mass is 32.2. The van der Waals surface area contributed by atoms with Crippen LogP contribution in [-0.4, -0.2) is 31.2 Å². The van der Waals surface area contributed by atoms with Crippen molar-refractivity contribution in [2.45, 2.75) is 0 Å². The fourth-order valence-corrected chi connectivity index (χ4v) is 2.46. The predicted molar refractivity (Wildman–Crippen MR) is 110 cm³/mol. The maximum absolute atomic E-state index is 7.97. The number of fused-ring (bicyclic) bond motifs is 1. The third kappa shape index (κ3) is 5.15. The molecule has 2 aliphatic heterocycles. The van der Waals surface area contributed by atoms with E-state index in [-0.39, 0.29) is 5.84 Å². The summed E-state index contributed by atoms with van der Waals surface area (Å²) >= 11 is 1.26. The number of nitrogens with one attached hydrogen (secondary N) is 4. The summed E-state index contributed by atoms with van der Waals surface area (Å²) < 4.78 is 3.96. The summed E-state index contributed by atoms with van der Waals surface area (Å²) in [5.74, 6) is 1.20. The van der Waals surface area contributed by atoms with Crippen molar-refractivity contribution in [2.75, 3.05) is 13.3 Å². The number of allylic oxidation sites excluding steroid dienone is 5. The van der Waals surface area contributed by atoms with Crippen molar-refractivity contribution < 1.29 is 0 Å². The Morgan fingerprint density at radius 3 is 2.81 bits per heavy atom. The molecular weight excluding hydrogens is 348 g/mol. The third-order valence-corrected chi connectivity index (χ3v) is 3.72. The average molecular weight is 370 g/mol. The molecule has 0 aromatic carbocycles. The highest BCUT2D eigenvalue weighted by molar-refractivity contribution is 7.97. The van der Waals surface area contributed by atoms with Crippen LogP contribution in [0.25, 0.3) is 0 Å². The third-order valence-electron chi connectivity index (χ3n) is 3.33. The summed E-state index contributed by atoms with van der Waals surface area (Å²) in [6, 6.07) is 0. The molecule has 9 heteroatoms. The van der Waals surface area contributed by atoms with Gasteiger partial charge in [-0.25, -0.2) is 0 Å². The van der Waals surface area contributed by atoms with Gasteiger partial charge in [0, 0.05) is 43.1 Å². The summed E-state index contributed by atoms with van der Waals surface area (Å²) in [6.45, 7) is 0. The highest BCUT2D eigenvalue weighted by Gasteiger charge is 2.16. The Morgan fingerprint density at radius 2 is 2.12 bits per heavy atom. The second-order valence-corrected chi connectivity index (χ2v) is 5.72. The Balaban J connectivity index is 2.07. The Morgan fingerprint density at radius 1 is 1.31 bits per heavy atom.